The molecule has 1 fully saturated rings. The first-order valence-corrected chi connectivity index (χ1v) is 5.25. The number of rotatable bonds is 1. The molecule has 0 aliphatic carbocycles. The highest BCUT2D eigenvalue weighted by Crippen LogP contribution is 2.34. The van der Waals surface area contributed by atoms with Crippen LogP contribution in [0.25, 0.3) is 0 Å². The summed E-state index contributed by atoms with van der Waals surface area (Å²) in [4.78, 5) is 0. The molecule has 0 N–H and O–H groups in total. The molecule has 2 rings (SSSR count). The van der Waals surface area contributed by atoms with E-state index in [1.54, 1.807) is 12.1 Å². The molecule has 1 nitrogen and oxygen atoms in total. The molecule has 1 aromatic rings. The monoisotopic (exact) mass is 217 g/mol. The van der Waals surface area contributed by atoms with E-state index in [0.29, 0.717) is 6.04 Å². The van der Waals surface area contributed by atoms with Crippen molar-refractivity contribution in [2.45, 2.75) is 12.2 Å². The van der Waals surface area contributed by atoms with Crippen LogP contribution in [0.4, 0.5) is 13.2 Å². The second-order valence-corrected chi connectivity index (χ2v) is 4.72. The van der Waals surface area contributed by atoms with Gasteiger partial charge in [0.05, 0.1) is 16.0 Å². The third kappa shape index (κ3) is 1.83. The molecule has 0 amide bonds. The molecule has 0 bridgehead atoms. The Labute approximate surface area is 83.0 Å². The van der Waals surface area contributed by atoms with Gasteiger partial charge in [0.1, 0.15) is 0 Å². The highest BCUT2D eigenvalue weighted by molar-refractivity contribution is 6.06. The number of alkyl halides is 3. The lowest BCUT2D eigenvalue weighted by molar-refractivity contribution is -0.137. The number of halogens is 3. The fourth-order valence-corrected chi connectivity index (χ4v) is 2.12. The van der Waals surface area contributed by atoms with Crippen LogP contribution in [0.2, 0.25) is 0 Å². The molecule has 0 aromatic heterocycles. The summed E-state index contributed by atoms with van der Waals surface area (Å²) in [6.07, 6.45) is -4.22. The van der Waals surface area contributed by atoms with Gasteiger partial charge < -0.3 is 4.57 Å². The van der Waals surface area contributed by atoms with E-state index in [0.717, 1.165) is 34.6 Å². The van der Waals surface area contributed by atoms with Crippen molar-refractivity contribution in [2.75, 3.05) is 6.54 Å². The third-order valence-corrected chi connectivity index (χ3v) is 3.47. The average Bonchev–Trinajstić information content (AvgIpc) is 2.81. The van der Waals surface area contributed by atoms with Gasteiger partial charge in [-0.3, -0.25) is 0 Å². The van der Waals surface area contributed by atoms with Crippen molar-refractivity contribution in [1.82, 2.24) is 4.57 Å². The Morgan fingerprint density at radius 2 is 1.71 bits per heavy atom. The minimum Gasteiger partial charge on any atom is -0.323 e. The van der Waals surface area contributed by atoms with Gasteiger partial charge in [-0.25, -0.2) is 0 Å². The normalized spacial score (nSPS) is 26.5. The second-order valence-electron chi connectivity index (χ2n) is 3.58. The quantitative estimate of drug-likeness (QED) is 0.507. The van der Waals surface area contributed by atoms with E-state index in [1.165, 1.54) is 0 Å². The Balaban J connectivity index is 2.18. The maximum atomic E-state index is 12.2. The summed E-state index contributed by atoms with van der Waals surface area (Å²) in [5, 5.41) is 0. The molecular weight excluding hydrogens is 207 g/mol. The maximum absolute atomic E-state index is 12.2. The standard InChI is InChI=1S/C9H10F3NSi/c10-9(11,12)7-3-1-6(2-4-7)8-5-13(8)14/h1-4,8H,5H2,14H3. The van der Waals surface area contributed by atoms with Crippen LogP contribution in [0, 0.1) is 0 Å². The number of benzene rings is 1. The minimum absolute atomic E-state index is 0.379. The molecule has 1 aromatic carbocycles. The van der Waals surface area contributed by atoms with Gasteiger partial charge >= 0.3 is 6.18 Å². The summed E-state index contributed by atoms with van der Waals surface area (Å²) >= 11 is 0. The summed E-state index contributed by atoms with van der Waals surface area (Å²) in [5.41, 5.74) is 0.426. The lowest BCUT2D eigenvalue weighted by Gasteiger charge is -2.06. The molecule has 0 spiro atoms. The molecule has 2 unspecified atom stereocenters. The van der Waals surface area contributed by atoms with Gasteiger partial charge in [0.2, 0.25) is 0 Å². The summed E-state index contributed by atoms with van der Waals surface area (Å²) in [6, 6.07) is 5.84. The Bertz CT molecular complexity index is 333. The molecule has 1 aliphatic rings. The van der Waals surface area contributed by atoms with E-state index >= 15 is 0 Å². The maximum Gasteiger partial charge on any atom is 0.416 e. The minimum atomic E-state index is -4.22. The number of nitrogens with zero attached hydrogens (tertiary/aromatic N) is 1. The highest BCUT2D eigenvalue weighted by atomic mass is 28.2. The van der Waals surface area contributed by atoms with Gasteiger partial charge in [0, 0.05) is 12.6 Å². The zero-order chi connectivity index (χ0) is 10.3. The van der Waals surface area contributed by atoms with Crippen LogP contribution in [0.3, 0.4) is 0 Å². The van der Waals surface area contributed by atoms with Gasteiger partial charge in [-0.2, -0.15) is 13.2 Å². The summed E-state index contributed by atoms with van der Waals surface area (Å²) < 4.78 is 38.8. The molecule has 76 valence electrons. The van der Waals surface area contributed by atoms with Crippen molar-refractivity contribution in [2.24, 2.45) is 0 Å². The topological polar surface area (TPSA) is 3.01 Å². The van der Waals surface area contributed by atoms with Crippen molar-refractivity contribution >= 4 is 10.4 Å². The van der Waals surface area contributed by atoms with Crippen LogP contribution in [-0.4, -0.2) is 21.5 Å². The van der Waals surface area contributed by atoms with Gasteiger partial charge in [-0.15, -0.1) is 0 Å². The first-order chi connectivity index (χ1) is 6.48. The molecule has 1 heterocycles. The predicted molar refractivity (Wildman–Crippen MR) is 50.8 cm³/mol. The van der Waals surface area contributed by atoms with E-state index in [2.05, 4.69) is 4.57 Å². The first kappa shape index (κ1) is 9.73. The number of hydrogen-bond acceptors (Lipinski definition) is 1. The third-order valence-electron chi connectivity index (χ3n) is 2.48. The molecule has 1 aliphatic heterocycles. The average molecular weight is 217 g/mol. The smallest absolute Gasteiger partial charge is 0.323 e. The van der Waals surface area contributed by atoms with Crippen molar-refractivity contribution in [1.29, 1.82) is 0 Å². The fraction of sp³-hybridized carbons (Fsp3) is 0.333. The van der Waals surface area contributed by atoms with E-state index in [4.69, 9.17) is 0 Å². The highest BCUT2D eigenvalue weighted by Gasteiger charge is 2.33. The lowest BCUT2D eigenvalue weighted by atomic mass is 10.1. The molecule has 2 atom stereocenters. The van der Waals surface area contributed by atoms with Gasteiger partial charge in [0.25, 0.3) is 0 Å². The predicted octanol–water partition coefficient (Wildman–Crippen LogP) is 1.34. The Kier molecular flexibility index (Phi) is 2.15. The van der Waals surface area contributed by atoms with Gasteiger partial charge in [0.15, 0.2) is 0 Å². The fourth-order valence-electron chi connectivity index (χ4n) is 1.48. The largest absolute Gasteiger partial charge is 0.416 e. The second kappa shape index (κ2) is 3.10. The Morgan fingerprint density at radius 1 is 1.21 bits per heavy atom. The Morgan fingerprint density at radius 3 is 2.07 bits per heavy atom. The SMILES string of the molecule is FC(F)(F)c1ccc(C2CN2[SiH3])cc1. The van der Waals surface area contributed by atoms with Crippen molar-refractivity contribution < 1.29 is 13.2 Å². The van der Waals surface area contributed by atoms with Crippen LogP contribution >= 0.6 is 0 Å². The lowest BCUT2D eigenvalue weighted by Crippen LogP contribution is -2.04. The van der Waals surface area contributed by atoms with Crippen molar-refractivity contribution in [3.63, 3.8) is 0 Å². The van der Waals surface area contributed by atoms with Gasteiger partial charge in [-0.1, -0.05) is 12.1 Å². The molecule has 5 heteroatoms. The molecule has 0 saturated carbocycles. The van der Waals surface area contributed by atoms with Crippen LogP contribution in [0.1, 0.15) is 17.2 Å². The van der Waals surface area contributed by atoms with Crippen molar-refractivity contribution in [3.05, 3.63) is 35.4 Å². The van der Waals surface area contributed by atoms with E-state index in [1.807, 2.05) is 0 Å². The molecule has 1 saturated heterocycles. The molecule has 14 heavy (non-hydrogen) atoms. The number of hydrogen-bond donors (Lipinski definition) is 0. The molecular formula is C9H10F3NSi. The van der Waals surface area contributed by atoms with E-state index in [9.17, 15) is 13.2 Å². The van der Waals surface area contributed by atoms with Crippen molar-refractivity contribution in [3.8, 4) is 0 Å². The van der Waals surface area contributed by atoms with Crippen LogP contribution in [0.5, 0.6) is 0 Å². The summed E-state index contributed by atoms with van der Waals surface area (Å²) in [7, 11) is 0.978. The van der Waals surface area contributed by atoms with Gasteiger partial charge in [-0.05, 0) is 17.7 Å². The van der Waals surface area contributed by atoms with E-state index in [-0.39, 0.29) is 0 Å². The van der Waals surface area contributed by atoms with E-state index < -0.39 is 11.7 Å². The first-order valence-electron chi connectivity index (χ1n) is 4.36. The summed E-state index contributed by atoms with van der Waals surface area (Å²) in [6.45, 7) is 0.998. The molecule has 0 radical (unpaired) electrons. The zero-order valence-corrected chi connectivity index (χ0v) is 9.67. The van der Waals surface area contributed by atoms with Crippen LogP contribution in [-0.2, 0) is 6.18 Å². The van der Waals surface area contributed by atoms with Crippen LogP contribution in [0.15, 0.2) is 24.3 Å². The Hall–Kier alpha value is -0.813. The zero-order valence-electron chi connectivity index (χ0n) is 7.67. The van der Waals surface area contributed by atoms with Crippen LogP contribution < -0.4 is 0 Å². The summed E-state index contributed by atoms with van der Waals surface area (Å²) in [5.74, 6) is 0.